The molecule has 24 heavy (non-hydrogen) atoms. The van der Waals surface area contributed by atoms with Crippen LogP contribution < -0.4 is 0 Å². The van der Waals surface area contributed by atoms with Crippen molar-refractivity contribution >= 4 is 11.9 Å². The van der Waals surface area contributed by atoms with E-state index in [2.05, 4.69) is 13.8 Å². The van der Waals surface area contributed by atoms with Gasteiger partial charge in [0, 0.05) is 0 Å². The molecule has 6 nitrogen and oxygen atoms in total. The van der Waals surface area contributed by atoms with Gasteiger partial charge in [-0.05, 0) is 12.8 Å². The lowest BCUT2D eigenvalue weighted by Gasteiger charge is -2.40. The van der Waals surface area contributed by atoms with Crippen LogP contribution in [-0.2, 0) is 19.1 Å². The zero-order valence-electron chi connectivity index (χ0n) is 15.0. The van der Waals surface area contributed by atoms with Crippen molar-refractivity contribution in [2.24, 2.45) is 0 Å². The molecule has 1 heterocycles. The van der Waals surface area contributed by atoms with Crippen molar-refractivity contribution in [3.05, 3.63) is 0 Å². The third-order valence-electron chi connectivity index (χ3n) is 4.51. The standard InChI is InChI=1S/C18H32O6/c1-3-5-7-9-13-17(21,14-10-8-6-4-2)18(22)23-15(19)11-12-16(20)24-18/h21-22H,3-14H2,1-2H3. The average molecular weight is 344 g/mol. The van der Waals surface area contributed by atoms with E-state index in [1.807, 2.05) is 0 Å². The Labute approximate surface area is 144 Å². The molecular formula is C18H32O6. The molecule has 0 aromatic rings. The Kier molecular flexibility index (Phi) is 8.70. The first-order valence-corrected chi connectivity index (χ1v) is 9.25. The van der Waals surface area contributed by atoms with Crippen molar-refractivity contribution in [3.63, 3.8) is 0 Å². The minimum absolute atomic E-state index is 0.150. The zero-order chi connectivity index (χ0) is 18.1. The summed E-state index contributed by atoms with van der Waals surface area (Å²) < 4.78 is 9.94. The van der Waals surface area contributed by atoms with Crippen LogP contribution in [0.4, 0.5) is 0 Å². The van der Waals surface area contributed by atoms with Crippen LogP contribution in [0.2, 0.25) is 0 Å². The van der Waals surface area contributed by atoms with Crippen molar-refractivity contribution < 1.29 is 29.3 Å². The minimum Gasteiger partial charge on any atom is -0.396 e. The maximum atomic E-state index is 11.7. The molecule has 0 unspecified atom stereocenters. The predicted octanol–water partition coefficient (Wildman–Crippen LogP) is 3.18. The Morgan fingerprint density at radius 3 is 1.67 bits per heavy atom. The number of esters is 2. The molecule has 6 heteroatoms. The first kappa shape index (κ1) is 20.9. The highest BCUT2D eigenvalue weighted by Crippen LogP contribution is 2.37. The highest BCUT2D eigenvalue weighted by atomic mass is 16.9. The summed E-state index contributed by atoms with van der Waals surface area (Å²) in [5.41, 5.74) is -1.77. The van der Waals surface area contributed by atoms with E-state index in [0.29, 0.717) is 12.8 Å². The summed E-state index contributed by atoms with van der Waals surface area (Å²) in [4.78, 5) is 23.4. The van der Waals surface area contributed by atoms with Gasteiger partial charge in [-0.25, -0.2) is 0 Å². The topological polar surface area (TPSA) is 93.1 Å². The minimum atomic E-state index is -2.59. The van der Waals surface area contributed by atoms with E-state index in [-0.39, 0.29) is 25.7 Å². The number of unbranched alkanes of at least 4 members (excludes halogenated alkanes) is 6. The molecule has 0 radical (unpaired) electrons. The predicted molar refractivity (Wildman–Crippen MR) is 88.8 cm³/mol. The lowest BCUT2D eigenvalue weighted by molar-refractivity contribution is -0.392. The highest BCUT2D eigenvalue weighted by Gasteiger charge is 2.57. The maximum Gasteiger partial charge on any atom is 0.404 e. The van der Waals surface area contributed by atoms with Crippen LogP contribution in [0.15, 0.2) is 0 Å². The number of carbonyl (C=O) groups is 2. The number of rotatable bonds is 11. The number of ether oxygens (including phenoxy) is 2. The normalized spacial score (nSPS) is 18.0. The quantitative estimate of drug-likeness (QED) is 0.442. The third kappa shape index (κ3) is 6.06. The van der Waals surface area contributed by atoms with Crippen molar-refractivity contribution in [2.75, 3.05) is 0 Å². The molecule has 0 amide bonds. The highest BCUT2D eigenvalue weighted by molar-refractivity contribution is 5.79. The molecule has 0 aromatic heterocycles. The molecule has 1 aliphatic heterocycles. The van der Waals surface area contributed by atoms with Crippen LogP contribution in [0.25, 0.3) is 0 Å². The largest absolute Gasteiger partial charge is 0.404 e. The second kappa shape index (κ2) is 9.99. The van der Waals surface area contributed by atoms with Gasteiger partial charge in [-0.15, -0.1) is 0 Å². The number of carbonyl (C=O) groups excluding carboxylic acids is 2. The number of hydrogen-bond donors (Lipinski definition) is 2. The van der Waals surface area contributed by atoms with E-state index < -0.39 is 23.5 Å². The fourth-order valence-corrected chi connectivity index (χ4v) is 2.95. The SMILES string of the molecule is CCCCCCC(O)(CCCCCC)C1(O)OC(=O)CCC(=O)O1. The van der Waals surface area contributed by atoms with Gasteiger partial charge in [0.15, 0.2) is 5.60 Å². The Hall–Kier alpha value is -1.14. The second-order valence-corrected chi connectivity index (χ2v) is 6.68. The van der Waals surface area contributed by atoms with Crippen LogP contribution in [-0.4, -0.2) is 33.7 Å². The van der Waals surface area contributed by atoms with Crippen LogP contribution in [0, 0.1) is 0 Å². The van der Waals surface area contributed by atoms with Gasteiger partial charge in [-0.2, -0.15) is 0 Å². The van der Waals surface area contributed by atoms with Gasteiger partial charge >= 0.3 is 17.9 Å². The Morgan fingerprint density at radius 2 is 1.29 bits per heavy atom. The summed E-state index contributed by atoms with van der Waals surface area (Å²) in [6.45, 7) is 4.17. The molecule has 1 saturated heterocycles. The van der Waals surface area contributed by atoms with Crippen LogP contribution in [0.1, 0.15) is 90.9 Å². The molecule has 0 aromatic carbocycles. The Balaban J connectivity index is 2.85. The monoisotopic (exact) mass is 344 g/mol. The fraction of sp³-hybridized carbons (Fsp3) is 0.889. The van der Waals surface area contributed by atoms with Gasteiger partial charge in [0.1, 0.15) is 0 Å². The van der Waals surface area contributed by atoms with E-state index in [4.69, 9.17) is 9.47 Å². The lowest BCUT2D eigenvalue weighted by Crippen LogP contribution is -2.58. The molecule has 0 bridgehead atoms. The van der Waals surface area contributed by atoms with Crippen molar-refractivity contribution in [1.29, 1.82) is 0 Å². The van der Waals surface area contributed by atoms with E-state index >= 15 is 0 Å². The lowest BCUT2D eigenvalue weighted by atomic mass is 9.87. The number of cyclic esters (lactones) is 2. The number of hydrogen-bond acceptors (Lipinski definition) is 6. The summed E-state index contributed by atoms with van der Waals surface area (Å²) in [7, 11) is 0. The van der Waals surface area contributed by atoms with E-state index in [1.165, 1.54) is 0 Å². The van der Waals surface area contributed by atoms with E-state index in [9.17, 15) is 19.8 Å². The summed E-state index contributed by atoms with van der Waals surface area (Å²) in [6.07, 6.45) is 7.38. The zero-order valence-corrected chi connectivity index (χ0v) is 15.0. The van der Waals surface area contributed by atoms with E-state index in [0.717, 1.165) is 38.5 Å². The average Bonchev–Trinajstić information content (AvgIpc) is 2.67. The maximum absolute atomic E-state index is 11.7. The van der Waals surface area contributed by atoms with Gasteiger partial charge < -0.3 is 19.7 Å². The van der Waals surface area contributed by atoms with Crippen LogP contribution in [0.3, 0.4) is 0 Å². The van der Waals surface area contributed by atoms with Gasteiger partial charge in [0.05, 0.1) is 12.8 Å². The number of aliphatic hydroxyl groups is 2. The van der Waals surface area contributed by atoms with Gasteiger partial charge in [0.2, 0.25) is 0 Å². The molecule has 1 aliphatic rings. The van der Waals surface area contributed by atoms with Crippen LogP contribution in [0.5, 0.6) is 0 Å². The van der Waals surface area contributed by atoms with Gasteiger partial charge in [-0.3, -0.25) is 9.59 Å². The first-order chi connectivity index (χ1) is 11.4. The molecule has 1 fully saturated rings. The van der Waals surface area contributed by atoms with Crippen molar-refractivity contribution in [2.45, 2.75) is 102 Å². The van der Waals surface area contributed by atoms with Crippen molar-refractivity contribution in [3.8, 4) is 0 Å². The fourth-order valence-electron chi connectivity index (χ4n) is 2.95. The molecule has 0 saturated carbocycles. The molecular weight excluding hydrogens is 312 g/mol. The Bertz CT molecular complexity index is 376. The Morgan fingerprint density at radius 1 is 0.875 bits per heavy atom. The third-order valence-corrected chi connectivity index (χ3v) is 4.51. The first-order valence-electron chi connectivity index (χ1n) is 9.25. The molecule has 0 atom stereocenters. The molecule has 1 rings (SSSR count). The van der Waals surface area contributed by atoms with Crippen LogP contribution >= 0.6 is 0 Å². The summed E-state index contributed by atoms with van der Waals surface area (Å²) in [5, 5.41) is 21.7. The second-order valence-electron chi connectivity index (χ2n) is 6.68. The van der Waals surface area contributed by atoms with E-state index in [1.54, 1.807) is 0 Å². The molecule has 2 N–H and O–H groups in total. The molecule has 0 spiro atoms. The van der Waals surface area contributed by atoms with Gasteiger partial charge in [-0.1, -0.05) is 65.2 Å². The molecule has 0 aliphatic carbocycles. The smallest absolute Gasteiger partial charge is 0.396 e. The summed E-state index contributed by atoms with van der Waals surface area (Å²) >= 11 is 0. The van der Waals surface area contributed by atoms with Gasteiger partial charge in [0.25, 0.3) is 0 Å². The molecule has 140 valence electrons. The summed E-state index contributed by atoms with van der Waals surface area (Å²) in [5.74, 6) is -4.05. The van der Waals surface area contributed by atoms with Crippen molar-refractivity contribution in [1.82, 2.24) is 0 Å². The summed E-state index contributed by atoms with van der Waals surface area (Å²) in [6, 6.07) is 0.